The molecule has 5 nitrogen and oxygen atoms in total. The number of hydrogen-bond acceptors (Lipinski definition) is 4. The second-order valence-electron chi connectivity index (χ2n) is 7.25. The van der Waals surface area contributed by atoms with Gasteiger partial charge in [0.2, 0.25) is 0 Å². The Kier molecular flexibility index (Phi) is 7.50. The molecular weight excluding hydrogens is 458 g/mol. The summed E-state index contributed by atoms with van der Waals surface area (Å²) in [6, 6.07) is 9.23. The van der Waals surface area contributed by atoms with E-state index in [4.69, 9.17) is 5.73 Å². The number of anilines is 3. The first kappa shape index (κ1) is 24.4. The summed E-state index contributed by atoms with van der Waals surface area (Å²) < 4.78 is 73.1. The third-order valence-electron chi connectivity index (χ3n) is 4.88. The van der Waals surface area contributed by atoms with Gasteiger partial charge in [-0.1, -0.05) is 18.2 Å². The van der Waals surface area contributed by atoms with Crippen LogP contribution in [-0.2, 0) is 17.8 Å². The van der Waals surface area contributed by atoms with Crippen molar-refractivity contribution >= 4 is 34.3 Å². The SMILES string of the molecule is CC[S+]([O-])Nc1cccc(Cc2cc(C(N)=O)c(Nc3ccc(C)cc3F)c(F)c2F)c1F. The van der Waals surface area contributed by atoms with Crippen molar-refractivity contribution in [2.24, 2.45) is 5.73 Å². The maximum Gasteiger partial charge on any atom is 0.250 e. The van der Waals surface area contributed by atoms with Crippen LogP contribution in [0.2, 0.25) is 0 Å². The van der Waals surface area contributed by atoms with E-state index in [1.165, 1.54) is 30.3 Å². The van der Waals surface area contributed by atoms with E-state index in [1.807, 2.05) is 0 Å². The number of amides is 1. The Labute approximate surface area is 191 Å². The van der Waals surface area contributed by atoms with Crippen molar-refractivity contribution in [2.45, 2.75) is 20.3 Å². The minimum atomic E-state index is -1.51. The van der Waals surface area contributed by atoms with Crippen LogP contribution in [0.15, 0.2) is 42.5 Å². The zero-order chi connectivity index (χ0) is 24.3. The molecular formula is C23H21F4N3O2S. The molecule has 0 aromatic heterocycles. The van der Waals surface area contributed by atoms with Crippen LogP contribution in [-0.4, -0.2) is 16.2 Å². The van der Waals surface area contributed by atoms with Crippen LogP contribution in [0.3, 0.4) is 0 Å². The molecule has 3 aromatic rings. The maximum atomic E-state index is 15.0. The van der Waals surface area contributed by atoms with Crippen LogP contribution in [0, 0.1) is 30.2 Å². The summed E-state index contributed by atoms with van der Waals surface area (Å²) in [7, 11) is 0. The first-order valence-corrected chi connectivity index (χ1v) is 11.2. The van der Waals surface area contributed by atoms with E-state index in [-0.39, 0.29) is 28.3 Å². The van der Waals surface area contributed by atoms with E-state index in [0.29, 0.717) is 5.56 Å². The fraction of sp³-hybridized carbons (Fsp3) is 0.174. The molecule has 0 saturated heterocycles. The molecule has 10 heteroatoms. The van der Waals surface area contributed by atoms with Gasteiger partial charge in [-0.05, 0) is 54.8 Å². The molecule has 0 heterocycles. The third kappa shape index (κ3) is 5.40. The molecule has 0 radical (unpaired) electrons. The summed E-state index contributed by atoms with van der Waals surface area (Å²) in [5.41, 5.74) is 4.33. The molecule has 0 aliphatic rings. The van der Waals surface area contributed by atoms with Gasteiger partial charge < -0.3 is 15.6 Å². The number of primary amides is 1. The summed E-state index contributed by atoms with van der Waals surface area (Å²) >= 11 is -1.51. The zero-order valence-corrected chi connectivity index (χ0v) is 18.6. The normalized spacial score (nSPS) is 11.8. The standard InChI is InChI=1S/C23H21F4N3O2S/c1-3-33(32)30-18-6-4-5-13(19(18)25)10-14-11-15(23(28)31)22(21(27)20(14)26)29-17-8-7-12(2)9-16(17)24/h4-9,11,29-30H,3,10H2,1-2H3,(H2,28,31). The fourth-order valence-corrected chi connectivity index (χ4v) is 3.72. The van der Waals surface area contributed by atoms with Crippen molar-refractivity contribution in [1.82, 2.24) is 0 Å². The molecule has 3 aromatic carbocycles. The maximum absolute atomic E-state index is 15.0. The van der Waals surface area contributed by atoms with E-state index in [1.54, 1.807) is 19.9 Å². The molecule has 33 heavy (non-hydrogen) atoms. The number of hydrogen-bond donors (Lipinski definition) is 3. The second kappa shape index (κ2) is 10.1. The van der Waals surface area contributed by atoms with Crippen molar-refractivity contribution in [3.05, 3.63) is 88.0 Å². The van der Waals surface area contributed by atoms with Gasteiger partial charge in [-0.25, -0.2) is 22.3 Å². The Balaban J connectivity index is 2.02. The van der Waals surface area contributed by atoms with Crippen molar-refractivity contribution in [1.29, 1.82) is 0 Å². The summed E-state index contributed by atoms with van der Waals surface area (Å²) in [5, 5.41) is 2.39. The van der Waals surface area contributed by atoms with E-state index in [9.17, 15) is 26.9 Å². The minimum Gasteiger partial charge on any atom is -0.593 e. The van der Waals surface area contributed by atoms with Crippen molar-refractivity contribution in [2.75, 3.05) is 15.8 Å². The van der Waals surface area contributed by atoms with Crippen LogP contribution >= 0.6 is 0 Å². The van der Waals surface area contributed by atoms with Gasteiger partial charge in [0.05, 0.1) is 28.3 Å². The molecule has 0 aliphatic carbocycles. The van der Waals surface area contributed by atoms with Gasteiger partial charge in [-0.15, -0.1) is 0 Å². The van der Waals surface area contributed by atoms with E-state index in [2.05, 4.69) is 10.0 Å². The van der Waals surface area contributed by atoms with Gasteiger partial charge in [0.25, 0.3) is 5.91 Å². The number of carbonyl (C=O) groups excluding carboxylic acids is 1. The van der Waals surface area contributed by atoms with Gasteiger partial charge in [-0.2, -0.15) is 0 Å². The molecule has 0 spiro atoms. The lowest BCUT2D eigenvalue weighted by atomic mass is 9.99. The smallest absolute Gasteiger partial charge is 0.250 e. The molecule has 174 valence electrons. The van der Waals surface area contributed by atoms with Gasteiger partial charge in [0, 0.05) is 6.42 Å². The van der Waals surface area contributed by atoms with Crippen LogP contribution in [0.5, 0.6) is 0 Å². The molecule has 0 aliphatic heterocycles. The second-order valence-corrected chi connectivity index (χ2v) is 8.72. The lowest BCUT2D eigenvalue weighted by Crippen LogP contribution is -2.17. The molecule has 1 atom stereocenters. The van der Waals surface area contributed by atoms with Crippen LogP contribution in [0.25, 0.3) is 0 Å². The topological polar surface area (TPSA) is 90.2 Å². The quantitative estimate of drug-likeness (QED) is 0.311. The molecule has 0 bridgehead atoms. The number of halogens is 4. The van der Waals surface area contributed by atoms with Crippen LogP contribution < -0.4 is 15.8 Å². The fourth-order valence-electron chi connectivity index (χ4n) is 3.18. The van der Waals surface area contributed by atoms with E-state index in [0.717, 1.165) is 6.07 Å². The number of nitrogens with one attached hydrogen (secondary N) is 2. The Morgan fingerprint density at radius 3 is 2.36 bits per heavy atom. The number of nitrogens with two attached hydrogens (primary N) is 1. The number of benzene rings is 3. The molecule has 0 fully saturated rings. The van der Waals surface area contributed by atoms with Gasteiger partial charge in [0.1, 0.15) is 17.3 Å². The van der Waals surface area contributed by atoms with Gasteiger partial charge in [0.15, 0.2) is 17.5 Å². The molecule has 4 N–H and O–H groups in total. The average molecular weight is 479 g/mol. The van der Waals surface area contributed by atoms with Crippen molar-refractivity contribution < 1.29 is 26.9 Å². The van der Waals surface area contributed by atoms with Gasteiger partial charge in [-0.3, -0.25) is 4.79 Å². The predicted molar refractivity (Wildman–Crippen MR) is 121 cm³/mol. The molecule has 0 saturated carbocycles. The molecule has 1 unspecified atom stereocenters. The number of aryl methyl sites for hydroxylation is 1. The largest absolute Gasteiger partial charge is 0.593 e. The van der Waals surface area contributed by atoms with E-state index < -0.39 is 58.2 Å². The highest BCUT2D eigenvalue weighted by Crippen LogP contribution is 2.32. The molecule has 3 rings (SSSR count). The predicted octanol–water partition coefficient (Wildman–Crippen LogP) is 5.08. The first-order chi connectivity index (χ1) is 15.6. The monoisotopic (exact) mass is 479 g/mol. The first-order valence-electron chi connectivity index (χ1n) is 9.88. The highest BCUT2D eigenvalue weighted by Gasteiger charge is 2.23. The van der Waals surface area contributed by atoms with Crippen molar-refractivity contribution in [3.8, 4) is 0 Å². The lowest BCUT2D eigenvalue weighted by Gasteiger charge is -2.16. The number of rotatable bonds is 8. The average Bonchev–Trinajstić information content (AvgIpc) is 2.77. The summed E-state index contributed by atoms with van der Waals surface area (Å²) in [6.45, 7) is 3.30. The summed E-state index contributed by atoms with van der Waals surface area (Å²) in [4.78, 5) is 12.0. The summed E-state index contributed by atoms with van der Waals surface area (Å²) in [5.74, 6) is -5.16. The highest BCUT2D eigenvalue weighted by molar-refractivity contribution is 7.92. The lowest BCUT2D eigenvalue weighted by molar-refractivity contribution is 0.100. The summed E-state index contributed by atoms with van der Waals surface area (Å²) in [6.07, 6.45) is -0.414. The molecule has 1 amide bonds. The minimum absolute atomic E-state index is 0.0212. The van der Waals surface area contributed by atoms with Gasteiger partial charge >= 0.3 is 0 Å². The van der Waals surface area contributed by atoms with Crippen molar-refractivity contribution in [3.63, 3.8) is 0 Å². The Morgan fingerprint density at radius 1 is 1.00 bits per heavy atom. The van der Waals surface area contributed by atoms with Crippen LogP contribution in [0.4, 0.5) is 34.6 Å². The Hall–Kier alpha value is -3.24. The third-order valence-corrected chi connectivity index (χ3v) is 5.85. The highest BCUT2D eigenvalue weighted by atomic mass is 32.2. The van der Waals surface area contributed by atoms with E-state index >= 15 is 0 Å². The van der Waals surface area contributed by atoms with Crippen LogP contribution in [0.1, 0.15) is 34.0 Å². The Morgan fingerprint density at radius 2 is 1.73 bits per heavy atom. The number of carbonyl (C=O) groups is 1. The Bertz CT molecular complexity index is 1210. The zero-order valence-electron chi connectivity index (χ0n) is 17.8.